The molecule has 0 amide bonds. The molecule has 0 unspecified atom stereocenters. The topological polar surface area (TPSA) is 58.2 Å². The Balaban J connectivity index is 0.920. The summed E-state index contributed by atoms with van der Waals surface area (Å²) in [7, 11) is 0. The summed E-state index contributed by atoms with van der Waals surface area (Å²) >= 11 is 3.04. The van der Waals surface area contributed by atoms with E-state index in [2.05, 4.69) is 122 Å². The fourth-order valence-corrected chi connectivity index (χ4v) is 12.8. The van der Waals surface area contributed by atoms with E-state index in [0.717, 1.165) is 53.9 Å². The number of nitrogens with one attached hydrogen (secondary N) is 2. The van der Waals surface area contributed by atoms with Crippen LogP contribution in [-0.2, 0) is 0 Å². The number of carbonyl (C=O) groups is 2. The molecular formula is C64H58N2O2S2. The minimum atomic E-state index is -0.185. The maximum atomic E-state index is 15.6. The Labute approximate surface area is 421 Å². The number of ketones is 2. The second kappa shape index (κ2) is 20.4. The molecule has 3 aliphatic carbocycles. The van der Waals surface area contributed by atoms with Crippen LogP contribution in [0, 0.1) is 11.8 Å². The first-order chi connectivity index (χ1) is 34.3. The highest BCUT2D eigenvalue weighted by atomic mass is 32.2. The zero-order valence-corrected chi connectivity index (χ0v) is 41.6. The number of rotatable bonds is 12. The van der Waals surface area contributed by atoms with Gasteiger partial charge in [0.2, 0.25) is 0 Å². The lowest BCUT2D eigenvalue weighted by Gasteiger charge is -2.27. The van der Waals surface area contributed by atoms with Gasteiger partial charge in [-0.1, -0.05) is 172 Å². The molecule has 2 saturated carbocycles. The van der Waals surface area contributed by atoms with Gasteiger partial charge >= 0.3 is 0 Å². The van der Waals surface area contributed by atoms with Crippen LogP contribution in [0.3, 0.4) is 0 Å². The van der Waals surface area contributed by atoms with Gasteiger partial charge in [0, 0.05) is 42.1 Å². The van der Waals surface area contributed by atoms with Crippen molar-refractivity contribution in [2.45, 2.75) is 96.6 Å². The highest BCUT2D eigenvalue weighted by Crippen LogP contribution is 2.47. The van der Waals surface area contributed by atoms with Crippen molar-refractivity contribution in [1.29, 1.82) is 0 Å². The molecule has 0 radical (unpaired) electrons. The molecule has 0 bridgehead atoms. The number of para-hydroxylation sites is 2. The SMILES string of the molecule is CC1CCC(c2ccc(-c3ccc(Sc4ccc(Nc5ccccc5)c5c4C(=O)c4c(Nc6ccccc6)ccc(Sc6ccc(-c7ccc(C8CCC(C)CC8)cc7)cc6)c4C5=O)cc3)cc2)CC1. The number of benzene rings is 8. The van der Waals surface area contributed by atoms with Gasteiger partial charge in [0.25, 0.3) is 0 Å². The largest absolute Gasteiger partial charge is 0.355 e. The molecule has 2 fully saturated rings. The number of hydrogen-bond donors (Lipinski definition) is 2. The first-order valence-corrected chi connectivity index (χ1v) is 26.8. The third kappa shape index (κ3) is 9.77. The molecule has 0 atom stereocenters. The van der Waals surface area contributed by atoms with Crippen molar-refractivity contribution in [3.63, 3.8) is 0 Å². The van der Waals surface area contributed by atoms with Gasteiger partial charge in [-0.05, 0) is 156 Å². The highest BCUT2D eigenvalue weighted by molar-refractivity contribution is 7.99. The van der Waals surface area contributed by atoms with E-state index in [9.17, 15) is 0 Å². The Morgan fingerprint density at radius 1 is 0.357 bits per heavy atom. The molecule has 0 spiro atoms. The second-order valence-electron chi connectivity index (χ2n) is 19.8. The van der Waals surface area contributed by atoms with Crippen molar-refractivity contribution in [2.24, 2.45) is 11.8 Å². The van der Waals surface area contributed by atoms with E-state index < -0.39 is 0 Å². The fraction of sp³-hybridized carbons (Fsp3) is 0.219. The average Bonchev–Trinajstić information content (AvgIpc) is 3.40. The summed E-state index contributed by atoms with van der Waals surface area (Å²) in [5.74, 6) is 2.61. The standard InChI is InChI=1S/C64H58N2O2S2/c1-41-13-17-43(18-14-41)45-21-25-47(26-22-45)49-29-33-53(34-30-49)69-57-39-37-55(65-51-9-5-3-6-10-51)59-61(57)63(67)60-56(66-52-11-7-4-8-12-52)38-40-58(62(60)64(59)68)70-54-35-31-50(32-36-54)48-27-23-46(24-28-48)44-19-15-42(2)16-20-44/h3-12,21-44,65-66H,13-20H2,1-2H3. The summed E-state index contributed by atoms with van der Waals surface area (Å²) in [4.78, 5) is 34.6. The molecule has 2 N–H and O–H groups in total. The van der Waals surface area contributed by atoms with Gasteiger partial charge in [0.05, 0.1) is 22.5 Å². The minimum absolute atomic E-state index is 0.185. The van der Waals surface area contributed by atoms with E-state index in [1.165, 1.54) is 97.1 Å². The predicted molar refractivity (Wildman–Crippen MR) is 292 cm³/mol. The first-order valence-electron chi connectivity index (χ1n) is 25.2. The van der Waals surface area contributed by atoms with Crippen LogP contribution in [-0.4, -0.2) is 11.6 Å². The summed E-state index contributed by atoms with van der Waals surface area (Å²) in [6, 6.07) is 63.0. The van der Waals surface area contributed by atoms with Crippen LogP contribution in [0.25, 0.3) is 22.3 Å². The van der Waals surface area contributed by atoms with Crippen LogP contribution in [0.5, 0.6) is 0 Å². The fourth-order valence-electron chi connectivity index (χ4n) is 10.8. The molecule has 4 nitrogen and oxygen atoms in total. The van der Waals surface area contributed by atoms with E-state index in [4.69, 9.17) is 0 Å². The normalized spacial score (nSPS) is 18.7. The highest BCUT2D eigenvalue weighted by Gasteiger charge is 2.38. The zero-order chi connectivity index (χ0) is 47.6. The van der Waals surface area contributed by atoms with E-state index in [-0.39, 0.29) is 11.6 Å². The van der Waals surface area contributed by atoms with Crippen molar-refractivity contribution in [3.05, 3.63) is 215 Å². The van der Waals surface area contributed by atoms with Crippen molar-refractivity contribution in [3.8, 4) is 22.3 Å². The number of hydrogen-bond acceptors (Lipinski definition) is 6. The smallest absolute Gasteiger partial charge is 0.197 e. The quantitative estimate of drug-likeness (QED) is 0.127. The molecular weight excluding hydrogens is 893 g/mol. The summed E-state index contributed by atoms with van der Waals surface area (Å²) in [5, 5.41) is 7.04. The Bertz CT molecular complexity index is 2920. The summed E-state index contributed by atoms with van der Waals surface area (Å²) in [6.07, 6.45) is 10.3. The Morgan fingerprint density at radius 2 is 0.686 bits per heavy atom. The summed E-state index contributed by atoms with van der Waals surface area (Å²) in [5.41, 5.74) is 12.0. The zero-order valence-electron chi connectivity index (χ0n) is 39.9. The van der Waals surface area contributed by atoms with Crippen LogP contribution in [0.4, 0.5) is 22.7 Å². The van der Waals surface area contributed by atoms with Gasteiger partial charge in [-0.25, -0.2) is 0 Å². The van der Waals surface area contributed by atoms with Crippen molar-refractivity contribution in [1.82, 2.24) is 0 Å². The van der Waals surface area contributed by atoms with Crippen LogP contribution in [0.2, 0.25) is 0 Å². The van der Waals surface area contributed by atoms with Gasteiger partial charge in [0.15, 0.2) is 11.6 Å². The van der Waals surface area contributed by atoms with Gasteiger partial charge in [0.1, 0.15) is 0 Å². The third-order valence-electron chi connectivity index (χ3n) is 15.0. The van der Waals surface area contributed by atoms with Crippen LogP contribution < -0.4 is 10.6 Å². The van der Waals surface area contributed by atoms with E-state index >= 15 is 9.59 Å². The number of anilines is 4. The Morgan fingerprint density at radius 3 is 1.03 bits per heavy atom. The molecule has 348 valence electrons. The maximum Gasteiger partial charge on any atom is 0.197 e. The van der Waals surface area contributed by atoms with Crippen molar-refractivity contribution >= 4 is 57.8 Å². The lowest BCUT2D eigenvalue weighted by atomic mass is 9.79. The maximum absolute atomic E-state index is 15.6. The first kappa shape index (κ1) is 45.8. The summed E-state index contributed by atoms with van der Waals surface area (Å²) < 4.78 is 0. The van der Waals surface area contributed by atoms with Gasteiger partial charge in [-0.2, -0.15) is 0 Å². The van der Waals surface area contributed by atoms with Gasteiger partial charge in [-0.3, -0.25) is 9.59 Å². The van der Waals surface area contributed by atoms with Crippen LogP contribution in [0.15, 0.2) is 202 Å². The molecule has 0 saturated heterocycles. The monoisotopic (exact) mass is 950 g/mol. The molecule has 0 aliphatic heterocycles. The van der Waals surface area contributed by atoms with Crippen molar-refractivity contribution < 1.29 is 9.59 Å². The number of carbonyl (C=O) groups excluding carboxylic acids is 2. The lowest BCUT2D eigenvalue weighted by molar-refractivity contribution is 0.0976. The molecule has 3 aliphatic rings. The van der Waals surface area contributed by atoms with Crippen LogP contribution >= 0.6 is 23.5 Å². The molecule has 8 aromatic rings. The molecule has 8 aromatic carbocycles. The Kier molecular flexibility index (Phi) is 13.3. The number of fused-ring (bicyclic) bond motifs is 2. The lowest BCUT2D eigenvalue weighted by Crippen LogP contribution is -2.25. The second-order valence-corrected chi connectivity index (χ2v) is 22.0. The molecule has 0 heterocycles. The van der Waals surface area contributed by atoms with Crippen LogP contribution in [0.1, 0.15) is 120 Å². The molecule has 6 heteroatoms. The van der Waals surface area contributed by atoms with Crippen molar-refractivity contribution in [2.75, 3.05) is 10.6 Å². The molecule has 70 heavy (non-hydrogen) atoms. The van der Waals surface area contributed by atoms with E-state index in [0.29, 0.717) is 45.5 Å². The summed E-state index contributed by atoms with van der Waals surface area (Å²) in [6.45, 7) is 4.75. The molecule has 0 aromatic heterocycles. The van der Waals surface area contributed by atoms with Gasteiger partial charge in [-0.15, -0.1) is 0 Å². The Hall–Kier alpha value is -6.60. The third-order valence-corrected chi connectivity index (χ3v) is 17.1. The molecule has 11 rings (SSSR count). The average molecular weight is 951 g/mol. The van der Waals surface area contributed by atoms with E-state index in [1.54, 1.807) is 0 Å². The predicted octanol–water partition coefficient (Wildman–Crippen LogP) is 18.2. The van der Waals surface area contributed by atoms with E-state index in [1.807, 2.05) is 84.9 Å². The van der Waals surface area contributed by atoms with Gasteiger partial charge < -0.3 is 10.6 Å². The minimum Gasteiger partial charge on any atom is -0.355 e.